The number of ether oxygens (including phenoxy) is 1. The third kappa shape index (κ3) is 3.27. The molecule has 4 rings (SSSR count). The normalized spacial score (nSPS) is 18.6. The van der Waals surface area contributed by atoms with Gasteiger partial charge in [-0.15, -0.1) is 11.3 Å². The number of fused-ring (bicyclic) bond motifs is 1. The minimum atomic E-state index is -0.404. The average Bonchev–Trinajstić information content (AvgIpc) is 3.33. The van der Waals surface area contributed by atoms with Gasteiger partial charge in [-0.2, -0.15) is 0 Å². The Kier molecular flexibility index (Phi) is 4.78. The summed E-state index contributed by atoms with van der Waals surface area (Å²) < 4.78 is 5.47. The van der Waals surface area contributed by atoms with E-state index in [9.17, 15) is 9.59 Å². The van der Waals surface area contributed by atoms with Crippen LogP contribution in [0, 0.1) is 6.92 Å². The van der Waals surface area contributed by atoms with Gasteiger partial charge in [-0.25, -0.2) is 0 Å². The molecule has 0 spiro atoms. The van der Waals surface area contributed by atoms with E-state index in [1.54, 1.807) is 0 Å². The number of carbonyl (C=O) groups excluding carboxylic acids is 2. The second-order valence-electron chi connectivity index (χ2n) is 6.82. The van der Waals surface area contributed by atoms with Crippen molar-refractivity contribution in [3.63, 3.8) is 0 Å². The van der Waals surface area contributed by atoms with Crippen molar-refractivity contribution in [1.29, 1.82) is 0 Å². The number of amides is 2. The van der Waals surface area contributed by atoms with Gasteiger partial charge in [-0.1, -0.05) is 18.2 Å². The molecular weight excluding hydrogens is 348 g/mol. The van der Waals surface area contributed by atoms with Crippen LogP contribution in [0.1, 0.15) is 45.6 Å². The number of benzene rings is 1. The van der Waals surface area contributed by atoms with Crippen LogP contribution >= 0.6 is 11.3 Å². The van der Waals surface area contributed by atoms with Gasteiger partial charge in [-0.05, 0) is 56.2 Å². The Balaban J connectivity index is 1.61. The summed E-state index contributed by atoms with van der Waals surface area (Å²) in [5.41, 5.74) is 3.52. The molecule has 1 aliphatic heterocycles. The molecule has 2 N–H and O–H groups in total. The van der Waals surface area contributed by atoms with E-state index in [0.717, 1.165) is 48.9 Å². The molecule has 1 unspecified atom stereocenters. The van der Waals surface area contributed by atoms with E-state index in [4.69, 9.17) is 4.74 Å². The van der Waals surface area contributed by atoms with Crippen molar-refractivity contribution in [1.82, 2.24) is 0 Å². The predicted octanol–water partition coefficient (Wildman–Crippen LogP) is 3.92. The van der Waals surface area contributed by atoms with Crippen molar-refractivity contribution in [2.75, 3.05) is 17.2 Å². The molecule has 1 atom stereocenters. The second kappa shape index (κ2) is 7.21. The van der Waals surface area contributed by atoms with Crippen LogP contribution in [0.3, 0.4) is 0 Å². The minimum Gasteiger partial charge on any atom is -0.368 e. The lowest BCUT2D eigenvalue weighted by atomic mass is 10.1. The maximum atomic E-state index is 13.0. The number of hydrogen-bond acceptors (Lipinski definition) is 4. The zero-order chi connectivity index (χ0) is 18.1. The van der Waals surface area contributed by atoms with Crippen LogP contribution in [0.15, 0.2) is 24.3 Å². The van der Waals surface area contributed by atoms with Crippen LogP contribution in [0.4, 0.5) is 10.7 Å². The lowest BCUT2D eigenvalue weighted by Gasteiger charge is -2.13. The number of hydrogen-bond donors (Lipinski definition) is 2. The Hall–Kier alpha value is -2.18. The molecule has 2 amide bonds. The van der Waals surface area contributed by atoms with Crippen LogP contribution in [0.25, 0.3) is 0 Å². The lowest BCUT2D eigenvalue weighted by Crippen LogP contribution is -2.27. The molecule has 1 aromatic carbocycles. The standard InChI is InChI=1S/C20H22N2O3S/c1-12-6-2-3-8-14(12)21-19(24)17-13-7-4-10-16(13)26-20(17)22-18(23)15-9-5-11-25-15/h2-3,6,8,15H,4-5,7,9-11H2,1H3,(H,21,24)(H,22,23). The summed E-state index contributed by atoms with van der Waals surface area (Å²) in [4.78, 5) is 26.7. The second-order valence-corrected chi connectivity index (χ2v) is 7.93. The smallest absolute Gasteiger partial charge is 0.258 e. The largest absolute Gasteiger partial charge is 0.368 e. The number of para-hydroxylation sites is 1. The molecule has 0 bridgehead atoms. The fraction of sp³-hybridized carbons (Fsp3) is 0.400. The predicted molar refractivity (Wildman–Crippen MR) is 103 cm³/mol. The minimum absolute atomic E-state index is 0.146. The Morgan fingerprint density at radius 3 is 2.77 bits per heavy atom. The van der Waals surface area contributed by atoms with Gasteiger partial charge in [0.1, 0.15) is 11.1 Å². The van der Waals surface area contributed by atoms with Crippen molar-refractivity contribution in [2.24, 2.45) is 0 Å². The van der Waals surface area contributed by atoms with Crippen molar-refractivity contribution < 1.29 is 14.3 Å². The summed E-state index contributed by atoms with van der Waals surface area (Å²) in [6, 6.07) is 7.71. The monoisotopic (exact) mass is 370 g/mol. The van der Waals surface area contributed by atoms with E-state index in [1.807, 2.05) is 31.2 Å². The van der Waals surface area contributed by atoms with Crippen LogP contribution in [0.5, 0.6) is 0 Å². The molecule has 2 aliphatic rings. The van der Waals surface area contributed by atoms with Crippen molar-refractivity contribution in [3.05, 3.63) is 45.8 Å². The average molecular weight is 370 g/mol. The summed E-state index contributed by atoms with van der Waals surface area (Å²) in [5.74, 6) is -0.297. The first-order valence-electron chi connectivity index (χ1n) is 9.07. The first-order chi connectivity index (χ1) is 12.6. The summed E-state index contributed by atoms with van der Waals surface area (Å²) in [7, 11) is 0. The number of thiophene rings is 1. The molecule has 2 aromatic rings. The van der Waals surface area contributed by atoms with E-state index in [1.165, 1.54) is 16.2 Å². The Morgan fingerprint density at radius 2 is 2.00 bits per heavy atom. The van der Waals surface area contributed by atoms with Gasteiger partial charge < -0.3 is 15.4 Å². The van der Waals surface area contributed by atoms with Gasteiger partial charge in [-0.3, -0.25) is 9.59 Å². The summed E-state index contributed by atoms with van der Waals surface area (Å²) >= 11 is 1.53. The van der Waals surface area contributed by atoms with E-state index in [2.05, 4.69) is 10.6 Å². The van der Waals surface area contributed by atoms with E-state index >= 15 is 0 Å². The molecule has 1 aliphatic carbocycles. The third-order valence-corrected chi connectivity index (χ3v) is 6.21. The Bertz CT molecular complexity index is 853. The van der Waals surface area contributed by atoms with Crippen molar-refractivity contribution in [3.8, 4) is 0 Å². The number of nitrogens with one attached hydrogen (secondary N) is 2. The highest BCUT2D eigenvalue weighted by molar-refractivity contribution is 7.17. The Labute approximate surface area is 156 Å². The third-order valence-electron chi connectivity index (χ3n) is 5.00. The van der Waals surface area contributed by atoms with E-state index in [-0.39, 0.29) is 11.8 Å². The van der Waals surface area contributed by atoms with Gasteiger partial charge in [0.25, 0.3) is 11.8 Å². The number of aryl methyl sites for hydroxylation is 2. The van der Waals surface area contributed by atoms with Crippen LogP contribution in [-0.4, -0.2) is 24.5 Å². The maximum absolute atomic E-state index is 13.0. The molecule has 136 valence electrons. The Morgan fingerprint density at radius 1 is 1.15 bits per heavy atom. The molecule has 0 radical (unpaired) electrons. The fourth-order valence-corrected chi connectivity index (χ4v) is 4.90. The molecule has 26 heavy (non-hydrogen) atoms. The highest BCUT2D eigenvalue weighted by Crippen LogP contribution is 2.39. The molecule has 5 nitrogen and oxygen atoms in total. The summed E-state index contributed by atoms with van der Waals surface area (Å²) in [5, 5.41) is 6.62. The molecule has 0 saturated carbocycles. The van der Waals surface area contributed by atoms with E-state index in [0.29, 0.717) is 17.2 Å². The molecule has 1 fully saturated rings. The number of anilines is 2. The first kappa shape index (κ1) is 17.2. The number of rotatable bonds is 4. The van der Waals surface area contributed by atoms with Crippen molar-refractivity contribution in [2.45, 2.75) is 45.1 Å². The number of carbonyl (C=O) groups is 2. The molecule has 2 heterocycles. The van der Waals surface area contributed by atoms with Crippen LogP contribution in [-0.2, 0) is 22.4 Å². The highest BCUT2D eigenvalue weighted by Gasteiger charge is 2.30. The molecular formula is C20H22N2O3S. The highest BCUT2D eigenvalue weighted by atomic mass is 32.1. The molecule has 6 heteroatoms. The van der Waals surface area contributed by atoms with Gasteiger partial charge in [0, 0.05) is 17.2 Å². The maximum Gasteiger partial charge on any atom is 0.258 e. The van der Waals surface area contributed by atoms with Gasteiger partial charge in [0.2, 0.25) is 0 Å². The SMILES string of the molecule is Cc1ccccc1NC(=O)c1c(NC(=O)C2CCCO2)sc2c1CCC2. The quantitative estimate of drug-likeness (QED) is 0.857. The van der Waals surface area contributed by atoms with Gasteiger partial charge in [0.15, 0.2) is 0 Å². The molecule has 1 saturated heterocycles. The topological polar surface area (TPSA) is 67.4 Å². The van der Waals surface area contributed by atoms with E-state index < -0.39 is 6.10 Å². The first-order valence-corrected chi connectivity index (χ1v) is 9.89. The van der Waals surface area contributed by atoms with Gasteiger partial charge in [0.05, 0.1) is 5.56 Å². The zero-order valence-corrected chi connectivity index (χ0v) is 15.6. The summed E-state index contributed by atoms with van der Waals surface area (Å²) in [6.45, 7) is 2.59. The molecule has 1 aromatic heterocycles. The lowest BCUT2D eigenvalue weighted by molar-refractivity contribution is -0.124. The fourth-order valence-electron chi connectivity index (χ4n) is 3.61. The zero-order valence-electron chi connectivity index (χ0n) is 14.8. The summed E-state index contributed by atoms with van der Waals surface area (Å²) in [6.07, 6.45) is 4.16. The van der Waals surface area contributed by atoms with Crippen molar-refractivity contribution >= 4 is 33.8 Å². The van der Waals surface area contributed by atoms with Crippen LogP contribution < -0.4 is 10.6 Å². The van der Waals surface area contributed by atoms with Gasteiger partial charge >= 0.3 is 0 Å². The van der Waals surface area contributed by atoms with Crippen LogP contribution in [0.2, 0.25) is 0 Å².